The molecule has 12 heteroatoms. The molecule has 10 nitrogen and oxygen atoms in total. The highest BCUT2D eigenvalue weighted by Crippen LogP contribution is 2.52. The van der Waals surface area contributed by atoms with Crippen molar-refractivity contribution in [1.82, 2.24) is 35.9 Å². The van der Waals surface area contributed by atoms with Crippen molar-refractivity contribution in [3.05, 3.63) is 83.6 Å². The first kappa shape index (κ1) is 33.4. The van der Waals surface area contributed by atoms with E-state index in [4.69, 9.17) is 4.98 Å². The highest BCUT2D eigenvalue weighted by molar-refractivity contribution is 5.87. The normalized spacial score (nSPS) is 17.5. The van der Waals surface area contributed by atoms with Crippen LogP contribution in [0.3, 0.4) is 0 Å². The van der Waals surface area contributed by atoms with Crippen molar-refractivity contribution in [2.75, 3.05) is 13.7 Å². The Bertz CT molecular complexity index is 2080. The average Bonchev–Trinajstić information content (AvgIpc) is 3.91. The van der Waals surface area contributed by atoms with Gasteiger partial charge in [-0.3, -0.25) is 4.79 Å². The molecule has 1 aliphatic carbocycles. The molecular formula is C38H41F2N7O3. The number of methoxy groups -OCH3 is 1. The second kappa shape index (κ2) is 13.0. The minimum atomic E-state index is -3.22. The number of imidazole rings is 2. The predicted octanol–water partition coefficient (Wildman–Crippen LogP) is 7.36. The molecule has 260 valence electrons. The number of alkyl halides is 2. The number of amides is 2. The fourth-order valence-corrected chi connectivity index (χ4v) is 7.02. The Morgan fingerprint density at radius 2 is 1.58 bits per heavy atom. The zero-order valence-electron chi connectivity index (χ0n) is 28.7. The Balaban J connectivity index is 1.13. The van der Waals surface area contributed by atoms with Gasteiger partial charge in [-0.1, -0.05) is 58.0 Å². The van der Waals surface area contributed by atoms with Gasteiger partial charge >= 0.3 is 6.09 Å². The van der Waals surface area contributed by atoms with Crippen molar-refractivity contribution in [2.45, 2.75) is 64.6 Å². The molecule has 3 atom stereocenters. The first-order chi connectivity index (χ1) is 23.9. The van der Waals surface area contributed by atoms with Crippen molar-refractivity contribution in [1.29, 1.82) is 0 Å². The molecule has 5 N–H and O–H groups in total. The summed E-state index contributed by atoms with van der Waals surface area (Å²) in [6, 6.07) is 15.0. The van der Waals surface area contributed by atoms with Gasteiger partial charge in [-0.2, -0.15) is 8.78 Å². The van der Waals surface area contributed by atoms with Crippen molar-refractivity contribution < 1.29 is 23.1 Å². The maximum absolute atomic E-state index is 16.3. The van der Waals surface area contributed by atoms with Crippen LogP contribution in [0.5, 0.6) is 0 Å². The minimum absolute atomic E-state index is 0.0316. The summed E-state index contributed by atoms with van der Waals surface area (Å²) < 4.78 is 37.2. The van der Waals surface area contributed by atoms with E-state index in [2.05, 4.69) is 35.6 Å². The number of benzene rings is 3. The molecule has 0 saturated carbocycles. The minimum Gasteiger partial charge on any atom is -0.453 e. The lowest BCUT2D eigenvalue weighted by Crippen LogP contribution is -2.51. The molecule has 1 aliphatic heterocycles. The second-order valence-corrected chi connectivity index (χ2v) is 13.9. The number of fused-ring (bicyclic) bond motifs is 4. The topological polar surface area (TPSA) is 137 Å². The lowest BCUT2D eigenvalue weighted by Gasteiger charge is -2.26. The van der Waals surface area contributed by atoms with E-state index in [1.54, 1.807) is 30.5 Å². The van der Waals surface area contributed by atoms with Gasteiger partial charge < -0.3 is 30.7 Å². The number of hydrogen-bond acceptors (Lipinski definition) is 6. The fraction of sp³-hybridized carbons (Fsp3) is 0.368. The molecule has 0 radical (unpaired) electrons. The quantitative estimate of drug-likeness (QED) is 0.110. The molecule has 7 rings (SSSR count). The molecule has 0 unspecified atom stereocenters. The van der Waals surface area contributed by atoms with E-state index in [1.807, 2.05) is 52.0 Å². The number of rotatable bonds is 9. The second-order valence-electron chi connectivity index (χ2n) is 13.9. The molecule has 0 spiro atoms. The first-order valence-corrected chi connectivity index (χ1v) is 17.1. The van der Waals surface area contributed by atoms with Crippen LogP contribution in [0.1, 0.15) is 75.4 Å². The number of carbonyl (C=O) groups is 2. The van der Waals surface area contributed by atoms with Gasteiger partial charge in [0.25, 0.3) is 5.92 Å². The van der Waals surface area contributed by atoms with Crippen molar-refractivity contribution in [3.8, 4) is 33.5 Å². The third-order valence-corrected chi connectivity index (χ3v) is 9.80. The molecule has 50 heavy (non-hydrogen) atoms. The summed E-state index contributed by atoms with van der Waals surface area (Å²) >= 11 is 0. The standard InChI is InChI=1S/C38H41F2N7O3/c1-19(2)32(46-36(48)33(20(3)4)47-37(49)50-5)35-42-18-31(45-35)23-9-12-25-24-11-8-21(15-26(24)38(39,40)27(25)16-23)22-10-13-28-30(17-22)44-34(43-28)29-7-6-14-41-29/h8-13,15-20,29,32-33,41H,6-7,14H2,1-5H3,(H,42,45)(H,43,44)(H,46,48)(H,47,49)/t29-,32-,33-/m0/s1. The van der Waals surface area contributed by atoms with Gasteiger partial charge in [0.2, 0.25) is 5.91 Å². The number of nitrogens with zero attached hydrogens (tertiary/aromatic N) is 2. The zero-order valence-corrected chi connectivity index (χ0v) is 28.7. The van der Waals surface area contributed by atoms with E-state index >= 15 is 8.78 Å². The Hall–Kier alpha value is -5.10. The Morgan fingerprint density at radius 3 is 2.24 bits per heavy atom. The van der Waals surface area contributed by atoms with Gasteiger partial charge in [-0.25, -0.2) is 14.8 Å². The Morgan fingerprint density at radius 1 is 0.900 bits per heavy atom. The lowest BCUT2D eigenvalue weighted by atomic mass is 9.98. The van der Waals surface area contributed by atoms with Gasteiger partial charge in [0.05, 0.1) is 42.1 Å². The summed E-state index contributed by atoms with van der Waals surface area (Å²) in [5.41, 5.74) is 5.25. The summed E-state index contributed by atoms with van der Waals surface area (Å²) in [7, 11) is 1.24. The van der Waals surface area contributed by atoms with Crippen LogP contribution in [0, 0.1) is 11.8 Å². The van der Waals surface area contributed by atoms with Crippen molar-refractivity contribution in [3.63, 3.8) is 0 Å². The molecular weight excluding hydrogens is 640 g/mol. The highest BCUT2D eigenvalue weighted by Gasteiger charge is 2.45. The molecule has 3 heterocycles. The van der Waals surface area contributed by atoms with Crippen LogP contribution in [-0.4, -0.2) is 51.6 Å². The van der Waals surface area contributed by atoms with Gasteiger partial charge in [0.15, 0.2) is 0 Å². The van der Waals surface area contributed by atoms with Crippen LogP contribution >= 0.6 is 0 Å². The van der Waals surface area contributed by atoms with Gasteiger partial charge in [0, 0.05) is 16.7 Å². The summed E-state index contributed by atoms with van der Waals surface area (Å²) in [6.07, 6.45) is 3.03. The Kier molecular flexibility index (Phi) is 8.67. The number of nitrogens with one attached hydrogen (secondary N) is 5. The number of alkyl carbamates (subject to hydrolysis) is 1. The molecule has 5 aromatic rings. The van der Waals surface area contributed by atoms with Crippen LogP contribution in [0.25, 0.3) is 44.5 Å². The highest BCUT2D eigenvalue weighted by atomic mass is 19.3. The SMILES string of the molecule is COC(=O)N[C@H](C(=O)N[C@H](c1ncc(-c2ccc3c(c2)C(F)(F)c2cc(-c4ccc5nc([C@@H]6CCCN6)[nH]c5c4)ccc2-3)[nH]1)C(C)C)C(C)C. The van der Waals surface area contributed by atoms with Gasteiger partial charge in [-0.15, -0.1) is 0 Å². The van der Waals surface area contributed by atoms with Crippen LogP contribution in [0.4, 0.5) is 13.6 Å². The summed E-state index contributed by atoms with van der Waals surface area (Å²) in [6.45, 7) is 8.49. The van der Waals surface area contributed by atoms with Crippen LogP contribution in [0.15, 0.2) is 60.8 Å². The first-order valence-electron chi connectivity index (χ1n) is 17.1. The largest absolute Gasteiger partial charge is 0.453 e. The molecule has 3 aromatic carbocycles. The van der Waals surface area contributed by atoms with E-state index in [0.717, 1.165) is 41.8 Å². The fourth-order valence-electron chi connectivity index (χ4n) is 7.02. The zero-order chi connectivity index (χ0) is 35.3. The molecule has 0 bridgehead atoms. The van der Waals surface area contributed by atoms with E-state index < -0.39 is 24.1 Å². The van der Waals surface area contributed by atoms with Gasteiger partial charge in [-0.05, 0) is 77.7 Å². The lowest BCUT2D eigenvalue weighted by molar-refractivity contribution is -0.125. The molecule has 2 aromatic heterocycles. The average molecular weight is 682 g/mol. The maximum atomic E-state index is 16.3. The van der Waals surface area contributed by atoms with E-state index in [0.29, 0.717) is 33.8 Å². The smallest absolute Gasteiger partial charge is 0.407 e. The van der Waals surface area contributed by atoms with Gasteiger partial charge in [0.1, 0.15) is 17.7 Å². The summed E-state index contributed by atoms with van der Waals surface area (Å²) in [4.78, 5) is 41.0. The number of hydrogen-bond donors (Lipinski definition) is 5. The Labute approximate surface area is 288 Å². The number of aromatic amines is 2. The number of carbonyl (C=O) groups excluding carboxylic acids is 2. The van der Waals surface area contributed by atoms with E-state index in [9.17, 15) is 9.59 Å². The van der Waals surface area contributed by atoms with Crippen molar-refractivity contribution >= 4 is 23.0 Å². The number of aromatic nitrogens is 4. The molecule has 2 amide bonds. The number of halogens is 2. The number of ether oxygens (including phenoxy) is 1. The van der Waals surface area contributed by atoms with Crippen LogP contribution < -0.4 is 16.0 Å². The third kappa shape index (κ3) is 6.01. The van der Waals surface area contributed by atoms with E-state index in [-0.39, 0.29) is 34.9 Å². The van der Waals surface area contributed by atoms with Crippen LogP contribution in [-0.2, 0) is 15.5 Å². The van der Waals surface area contributed by atoms with E-state index in [1.165, 1.54) is 13.2 Å². The molecule has 1 fully saturated rings. The maximum Gasteiger partial charge on any atom is 0.407 e. The third-order valence-electron chi connectivity index (χ3n) is 9.80. The van der Waals surface area contributed by atoms with Crippen molar-refractivity contribution in [2.24, 2.45) is 11.8 Å². The summed E-state index contributed by atoms with van der Waals surface area (Å²) in [5, 5.41) is 9.03. The number of H-pyrrole nitrogens is 2. The predicted molar refractivity (Wildman–Crippen MR) is 187 cm³/mol. The van der Waals surface area contributed by atoms with Crippen LogP contribution in [0.2, 0.25) is 0 Å². The summed E-state index contributed by atoms with van der Waals surface area (Å²) in [5.74, 6) is -2.49. The monoisotopic (exact) mass is 681 g/mol. The molecule has 2 aliphatic rings. The molecule has 1 saturated heterocycles.